The first-order valence-electron chi connectivity index (χ1n) is 8.11. The minimum atomic E-state index is 0.361. The van der Waals surface area contributed by atoms with Gasteiger partial charge < -0.3 is 21.4 Å². The fraction of sp³-hybridized carbons (Fsp3) is 0.412. The minimum absolute atomic E-state index is 0.361. The first-order chi connectivity index (χ1) is 11.5. The number of nitrogens with one attached hydrogen (secondary N) is 2. The normalized spacial score (nSPS) is 16.1. The predicted octanol–water partition coefficient (Wildman–Crippen LogP) is 2.01. The highest BCUT2D eigenvalue weighted by molar-refractivity contribution is 6.01. The van der Waals surface area contributed by atoms with Crippen LogP contribution >= 0.6 is 0 Å². The molecule has 0 bridgehead atoms. The van der Waals surface area contributed by atoms with Crippen LogP contribution in [0.4, 0.5) is 11.6 Å². The summed E-state index contributed by atoms with van der Waals surface area (Å²) in [6, 6.07) is 2.27. The monoisotopic (exact) mass is 325 g/mol. The summed E-state index contributed by atoms with van der Waals surface area (Å²) in [6.07, 6.45) is 7.32. The number of anilines is 2. The molecule has 0 aliphatic carbocycles. The van der Waals surface area contributed by atoms with Gasteiger partial charge in [0.1, 0.15) is 11.6 Å². The number of hydrogen-bond acceptors (Lipinski definition) is 7. The maximum absolute atomic E-state index is 7.79. The third kappa shape index (κ3) is 3.68. The van der Waals surface area contributed by atoms with Crippen LogP contribution in [0.2, 0.25) is 0 Å². The number of hydrogen-bond donors (Lipinski definition) is 3. The summed E-state index contributed by atoms with van der Waals surface area (Å²) in [6.45, 7) is 3.88. The van der Waals surface area contributed by atoms with Crippen LogP contribution in [0.25, 0.3) is 11.3 Å². The van der Waals surface area contributed by atoms with E-state index in [1.807, 2.05) is 6.07 Å². The average Bonchev–Trinajstić information content (AvgIpc) is 2.57. The van der Waals surface area contributed by atoms with E-state index in [1.165, 1.54) is 0 Å². The molecule has 0 spiro atoms. The van der Waals surface area contributed by atoms with Gasteiger partial charge in [-0.25, -0.2) is 9.97 Å². The van der Waals surface area contributed by atoms with Crippen molar-refractivity contribution in [3.8, 4) is 11.3 Å². The van der Waals surface area contributed by atoms with Gasteiger partial charge in [-0.05, 0) is 46.0 Å². The molecule has 0 radical (unpaired) electrons. The third-order valence-corrected chi connectivity index (χ3v) is 4.32. The van der Waals surface area contributed by atoms with E-state index in [1.54, 1.807) is 25.5 Å². The molecule has 4 N–H and O–H groups in total. The first-order valence-corrected chi connectivity index (χ1v) is 8.11. The van der Waals surface area contributed by atoms with E-state index in [4.69, 9.17) is 11.1 Å². The molecule has 1 fully saturated rings. The highest BCUT2D eigenvalue weighted by Gasteiger charge is 2.17. The van der Waals surface area contributed by atoms with Crippen LogP contribution in [-0.4, -0.2) is 51.7 Å². The van der Waals surface area contributed by atoms with E-state index >= 15 is 0 Å². The summed E-state index contributed by atoms with van der Waals surface area (Å²) in [5.74, 6) is 1.13. The Labute approximate surface area is 141 Å². The largest absolute Gasteiger partial charge is 0.383 e. The number of nitrogen functional groups attached to an aromatic ring is 1. The van der Waals surface area contributed by atoms with Crippen molar-refractivity contribution in [2.75, 3.05) is 31.2 Å². The molecule has 1 aliphatic heterocycles. The number of rotatable bonds is 4. The molecule has 1 aliphatic rings. The zero-order valence-electron chi connectivity index (χ0n) is 14.1. The van der Waals surface area contributed by atoms with Crippen molar-refractivity contribution in [3.05, 3.63) is 30.2 Å². The number of pyridine rings is 1. The zero-order valence-corrected chi connectivity index (χ0v) is 14.1. The zero-order chi connectivity index (χ0) is 17.1. The second-order valence-corrected chi connectivity index (χ2v) is 6.29. The molecule has 3 rings (SSSR count). The van der Waals surface area contributed by atoms with Crippen molar-refractivity contribution in [2.45, 2.75) is 25.8 Å². The van der Waals surface area contributed by atoms with Crippen LogP contribution in [0.5, 0.6) is 0 Å². The van der Waals surface area contributed by atoms with Crippen LogP contribution in [0.3, 0.4) is 0 Å². The van der Waals surface area contributed by atoms with Gasteiger partial charge in [0.2, 0.25) is 0 Å². The standard InChI is InChI=1S/C17H23N7/c1-11(18)14-7-12(8-21-17(14)19)15-9-20-10-16(23-15)22-13-3-5-24(2)6-4-13/h7-10,13,18H,3-6H2,1-2H3,(H2,19,21)(H,22,23). The van der Waals surface area contributed by atoms with Crippen LogP contribution in [-0.2, 0) is 0 Å². The van der Waals surface area contributed by atoms with Crippen molar-refractivity contribution in [3.63, 3.8) is 0 Å². The maximum Gasteiger partial charge on any atom is 0.145 e. The van der Waals surface area contributed by atoms with E-state index < -0.39 is 0 Å². The van der Waals surface area contributed by atoms with Crippen molar-refractivity contribution < 1.29 is 0 Å². The highest BCUT2D eigenvalue weighted by Crippen LogP contribution is 2.22. The molecule has 0 unspecified atom stereocenters. The molecule has 0 aromatic carbocycles. The molecule has 0 amide bonds. The molecule has 24 heavy (non-hydrogen) atoms. The van der Waals surface area contributed by atoms with E-state index in [9.17, 15) is 0 Å². The van der Waals surface area contributed by atoms with Crippen molar-refractivity contribution in [2.24, 2.45) is 0 Å². The van der Waals surface area contributed by atoms with Gasteiger partial charge in [-0.15, -0.1) is 0 Å². The molecule has 2 aromatic heterocycles. The summed E-state index contributed by atoms with van der Waals surface area (Å²) in [7, 11) is 2.15. The summed E-state index contributed by atoms with van der Waals surface area (Å²) in [5.41, 5.74) is 8.38. The van der Waals surface area contributed by atoms with Gasteiger partial charge >= 0.3 is 0 Å². The Kier molecular flexibility index (Phi) is 4.71. The summed E-state index contributed by atoms with van der Waals surface area (Å²) in [5, 5.41) is 11.3. The van der Waals surface area contributed by atoms with Gasteiger partial charge in [0.25, 0.3) is 0 Å². The second kappa shape index (κ2) is 6.92. The lowest BCUT2D eigenvalue weighted by Crippen LogP contribution is -2.36. The molecule has 3 heterocycles. The average molecular weight is 325 g/mol. The smallest absolute Gasteiger partial charge is 0.145 e. The topological polar surface area (TPSA) is 104 Å². The Morgan fingerprint density at radius 1 is 1.29 bits per heavy atom. The van der Waals surface area contributed by atoms with Gasteiger partial charge in [0, 0.05) is 29.1 Å². The summed E-state index contributed by atoms with van der Waals surface area (Å²) < 4.78 is 0. The van der Waals surface area contributed by atoms with E-state index in [2.05, 4.69) is 32.2 Å². The van der Waals surface area contributed by atoms with E-state index in [0.717, 1.165) is 43.0 Å². The molecule has 0 atom stereocenters. The number of likely N-dealkylation sites (tertiary alicyclic amines) is 1. The Morgan fingerprint density at radius 2 is 2.04 bits per heavy atom. The molecule has 7 nitrogen and oxygen atoms in total. The van der Waals surface area contributed by atoms with Crippen LogP contribution < -0.4 is 11.1 Å². The molecule has 126 valence electrons. The lowest BCUT2D eigenvalue weighted by molar-refractivity contribution is 0.263. The molecule has 1 saturated heterocycles. The third-order valence-electron chi connectivity index (χ3n) is 4.32. The Balaban J connectivity index is 1.80. The summed E-state index contributed by atoms with van der Waals surface area (Å²) >= 11 is 0. The van der Waals surface area contributed by atoms with Crippen molar-refractivity contribution in [1.29, 1.82) is 5.41 Å². The SMILES string of the molecule is CC(=N)c1cc(-c2cncc(NC3CCN(C)CC3)n2)cnc1N. The molecule has 0 saturated carbocycles. The highest BCUT2D eigenvalue weighted by atomic mass is 15.1. The predicted molar refractivity (Wildman–Crippen MR) is 96.3 cm³/mol. The fourth-order valence-corrected chi connectivity index (χ4v) is 2.85. The molecular weight excluding hydrogens is 302 g/mol. The van der Waals surface area contributed by atoms with Gasteiger partial charge in [0.15, 0.2) is 0 Å². The Hall–Kier alpha value is -2.54. The van der Waals surface area contributed by atoms with E-state index in [-0.39, 0.29) is 0 Å². The van der Waals surface area contributed by atoms with E-state index in [0.29, 0.717) is 23.1 Å². The van der Waals surface area contributed by atoms with Gasteiger partial charge in [-0.1, -0.05) is 0 Å². The summed E-state index contributed by atoms with van der Waals surface area (Å²) in [4.78, 5) is 15.4. The van der Waals surface area contributed by atoms with Crippen LogP contribution in [0.1, 0.15) is 25.3 Å². The minimum Gasteiger partial charge on any atom is -0.383 e. The Bertz CT molecular complexity index is 735. The van der Waals surface area contributed by atoms with Crippen LogP contribution in [0, 0.1) is 5.41 Å². The fourth-order valence-electron chi connectivity index (χ4n) is 2.85. The maximum atomic E-state index is 7.79. The van der Waals surface area contributed by atoms with Crippen molar-refractivity contribution >= 4 is 17.3 Å². The van der Waals surface area contributed by atoms with Gasteiger partial charge in [-0.2, -0.15) is 0 Å². The lowest BCUT2D eigenvalue weighted by atomic mass is 10.1. The number of nitrogens with two attached hydrogens (primary N) is 1. The Morgan fingerprint density at radius 3 is 2.75 bits per heavy atom. The number of piperidine rings is 1. The van der Waals surface area contributed by atoms with Crippen LogP contribution in [0.15, 0.2) is 24.7 Å². The van der Waals surface area contributed by atoms with Crippen molar-refractivity contribution in [1.82, 2.24) is 19.9 Å². The second-order valence-electron chi connectivity index (χ2n) is 6.29. The lowest BCUT2D eigenvalue weighted by Gasteiger charge is -2.29. The number of aromatic nitrogens is 3. The van der Waals surface area contributed by atoms with Gasteiger partial charge in [0.05, 0.1) is 18.1 Å². The quantitative estimate of drug-likeness (QED) is 0.743. The molecule has 2 aromatic rings. The first kappa shape index (κ1) is 16.3. The molecular formula is C17H23N7. The van der Waals surface area contributed by atoms with Gasteiger partial charge in [-0.3, -0.25) is 4.98 Å². The number of nitrogens with zero attached hydrogens (tertiary/aromatic N) is 4. The molecule has 7 heteroatoms.